The molecule has 0 spiro atoms. The summed E-state index contributed by atoms with van der Waals surface area (Å²) >= 11 is 0. The fourth-order valence-electron chi connectivity index (χ4n) is 3.13. The summed E-state index contributed by atoms with van der Waals surface area (Å²) in [6.07, 6.45) is 1.75. The molecule has 1 aliphatic heterocycles. The van der Waals surface area contributed by atoms with Crippen LogP contribution in [0.3, 0.4) is 0 Å². The Kier molecular flexibility index (Phi) is 7.36. The third-order valence-corrected chi connectivity index (χ3v) is 4.68. The molecule has 0 radical (unpaired) electrons. The molecule has 0 atom stereocenters. The van der Waals surface area contributed by atoms with Gasteiger partial charge in [0.05, 0.1) is 31.7 Å². The van der Waals surface area contributed by atoms with Crippen LogP contribution in [0.5, 0.6) is 11.5 Å². The van der Waals surface area contributed by atoms with Crippen molar-refractivity contribution < 1.29 is 27.8 Å². The Balaban J connectivity index is 2.21. The minimum Gasteiger partial charge on any atom is -0.490 e. The van der Waals surface area contributed by atoms with Crippen LogP contribution in [-0.4, -0.2) is 50.8 Å². The molecule has 1 heterocycles. The Hall–Kier alpha value is -2.40. The van der Waals surface area contributed by atoms with Gasteiger partial charge in [0, 0.05) is 13.1 Å². The molecule has 1 fully saturated rings. The molecule has 1 saturated heterocycles. The zero-order valence-corrected chi connectivity index (χ0v) is 15.5. The maximum Gasteiger partial charge on any atom is 0.387 e. The lowest BCUT2D eigenvalue weighted by atomic mass is 9.74. The number of piperidine rings is 1. The van der Waals surface area contributed by atoms with Crippen molar-refractivity contribution in [2.24, 2.45) is 0 Å². The fraction of sp³-hybridized carbons (Fsp3) is 0.579. The molecule has 0 N–H and O–H groups in total. The number of esters is 1. The smallest absolute Gasteiger partial charge is 0.387 e. The molecule has 0 bridgehead atoms. The van der Waals surface area contributed by atoms with Gasteiger partial charge < -0.3 is 14.2 Å². The summed E-state index contributed by atoms with van der Waals surface area (Å²) in [5.41, 5.74) is -0.0595. The second-order valence-electron chi connectivity index (χ2n) is 6.43. The van der Waals surface area contributed by atoms with Crippen LogP contribution in [0.4, 0.5) is 8.78 Å². The number of nitriles is 1. The number of hydrogen-bond donors (Lipinski definition) is 0. The average Bonchev–Trinajstić information content (AvgIpc) is 2.67. The van der Waals surface area contributed by atoms with Gasteiger partial charge in [0.15, 0.2) is 11.5 Å². The highest BCUT2D eigenvalue weighted by Gasteiger charge is 2.37. The molecule has 27 heavy (non-hydrogen) atoms. The van der Waals surface area contributed by atoms with Crippen LogP contribution in [-0.2, 0) is 14.9 Å². The van der Waals surface area contributed by atoms with Crippen LogP contribution in [0.1, 0.15) is 31.7 Å². The molecule has 0 amide bonds. The number of nitrogens with zero attached hydrogens (tertiary/aromatic N) is 2. The number of ether oxygens (including phenoxy) is 3. The van der Waals surface area contributed by atoms with Gasteiger partial charge in [-0.15, -0.1) is 0 Å². The number of hydrogen-bond acceptors (Lipinski definition) is 6. The molecule has 1 aliphatic rings. The van der Waals surface area contributed by atoms with Crippen LogP contribution in [0.15, 0.2) is 18.2 Å². The summed E-state index contributed by atoms with van der Waals surface area (Å²) in [7, 11) is 1.34. The minimum atomic E-state index is -2.95. The first-order chi connectivity index (χ1) is 12.9. The first-order valence-electron chi connectivity index (χ1n) is 8.86. The summed E-state index contributed by atoms with van der Waals surface area (Å²) in [5.74, 6) is -0.150. The Morgan fingerprint density at radius 2 is 2.04 bits per heavy atom. The van der Waals surface area contributed by atoms with Gasteiger partial charge in [0.2, 0.25) is 0 Å². The van der Waals surface area contributed by atoms with E-state index in [9.17, 15) is 18.8 Å². The predicted octanol–water partition coefficient (Wildman–Crippen LogP) is 3.11. The third kappa shape index (κ3) is 5.30. The van der Waals surface area contributed by atoms with E-state index in [2.05, 4.69) is 15.5 Å². The van der Waals surface area contributed by atoms with E-state index in [1.165, 1.54) is 13.2 Å². The molecular weight excluding hydrogens is 358 g/mol. The van der Waals surface area contributed by atoms with E-state index in [1.54, 1.807) is 12.1 Å². The quantitative estimate of drug-likeness (QED) is 0.644. The predicted molar refractivity (Wildman–Crippen MR) is 93.8 cm³/mol. The highest BCUT2D eigenvalue weighted by atomic mass is 19.3. The van der Waals surface area contributed by atoms with Gasteiger partial charge in [-0.05, 0) is 37.0 Å². The monoisotopic (exact) mass is 382 g/mol. The normalized spacial score (nSPS) is 16.6. The van der Waals surface area contributed by atoms with Crippen molar-refractivity contribution in [2.45, 2.75) is 38.2 Å². The Bertz CT molecular complexity index is 683. The zero-order valence-electron chi connectivity index (χ0n) is 15.5. The van der Waals surface area contributed by atoms with Gasteiger partial charge in [0.25, 0.3) is 0 Å². The van der Waals surface area contributed by atoms with E-state index >= 15 is 0 Å². The van der Waals surface area contributed by atoms with E-state index in [1.807, 2.05) is 11.8 Å². The summed E-state index contributed by atoms with van der Waals surface area (Å²) in [4.78, 5) is 13.4. The molecule has 0 saturated carbocycles. The van der Waals surface area contributed by atoms with Gasteiger partial charge in [-0.25, -0.2) is 0 Å². The lowest BCUT2D eigenvalue weighted by molar-refractivity contribution is -0.142. The second kappa shape index (κ2) is 9.51. The van der Waals surface area contributed by atoms with Crippen molar-refractivity contribution in [1.29, 1.82) is 5.26 Å². The molecular formula is C19H24F2N2O4. The molecule has 8 heteroatoms. The molecule has 6 nitrogen and oxygen atoms in total. The van der Waals surface area contributed by atoms with Gasteiger partial charge in [-0.2, -0.15) is 14.0 Å². The lowest BCUT2D eigenvalue weighted by Gasteiger charge is -2.37. The highest BCUT2D eigenvalue weighted by Crippen LogP contribution is 2.39. The van der Waals surface area contributed by atoms with Crippen LogP contribution in [0.2, 0.25) is 0 Å². The molecule has 0 aliphatic carbocycles. The van der Waals surface area contributed by atoms with Crippen LogP contribution in [0, 0.1) is 11.3 Å². The Morgan fingerprint density at radius 3 is 2.59 bits per heavy atom. The van der Waals surface area contributed by atoms with E-state index in [0.717, 1.165) is 0 Å². The summed E-state index contributed by atoms with van der Waals surface area (Å²) in [5, 5.41) is 9.84. The second-order valence-corrected chi connectivity index (χ2v) is 6.43. The Morgan fingerprint density at radius 1 is 1.33 bits per heavy atom. The fourth-order valence-corrected chi connectivity index (χ4v) is 3.13. The SMILES string of the molecule is CCCOc1cc(C2(C#N)CCN(CC(=O)OC)CC2)ccc1OC(F)F. The maximum atomic E-state index is 12.6. The first kappa shape index (κ1) is 20.9. The van der Waals surface area contributed by atoms with Crippen molar-refractivity contribution in [3.63, 3.8) is 0 Å². The highest BCUT2D eigenvalue weighted by molar-refractivity contribution is 5.71. The molecule has 0 aromatic heterocycles. The van der Waals surface area contributed by atoms with Crippen LogP contribution >= 0.6 is 0 Å². The molecule has 2 rings (SSSR count). The van der Waals surface area contributed by atoms with Crippen molar-refractivity contribution in [1.82, 2.24) is 4.90 Å². The number of methoxy groups -OCH3 is 1. The van der Waals surface area contributed by atoms with Gasteiger partial charge in [-0.1, -0.05) is 13.0 Å². The van der Waals surface area contributed by atoms with Crippen molar-refractivity contribution in [3.05, 3.63) is 23.8 Å². The van der Waals surface area contributed by atoms with Gasteiger partial charge >= 0.3 is 12.6 Å². The largest absolute Gasteiger partial charge is 0.490 e. The van der Waals surface area contributed by atoms with E-state index < -0.39 is 12.0 Å². The number of carbonyl (C=O) groups excluding carboxylic acids is 1. The molecule has 1 aromatic rings. The maximum absolute atomic E-state index is 12.6. The van der Waals surface area contributed by atoms with Crippen LogP contribution in [0.25, 0.3) is 0 Å². The summed E-state index contributed by atoms with van der Waals surface area (Å²) in [6, 6.07) is 7.05. The van der Waals surface area contributed by atoms with Crippen molar-refractivity contribution in [2.75, 3.05) is 33.4 Å². The Labute approximate surface area is 157 Å². The summed E-state index contributed by atoms with van der Waals surface area (Å²) in [6.45, 7) is 0.614. The molecule has 148 valence electrons. The number of likely N-dealkylation sites (tertiary alicyclic amines) is 1. The summed E-state index contributed by atoms with van der Waals surface area (Å²) < 4.78 is 40.0. The number of rotatable bonds is 8. The van der Waals surface area contributed by atoms with Gasteiger partial charge in [0.1, 0.15) is 0 Å². The molecule has 1 aromatic carbocycles. The number of alkyl halides is 2. The number of halogens is 2. The topological polar surface area (TPSA) is 71.8 Å². The number of benzene rings is 1. The lowest BCUT2D eigenvalue weighted by Crippen LogP contribution is -2.44. The van der Waals surface area contributed by atoms with E-state index in [-0.39, 0.29) is 24.0 Å². The van der Waals surface area contributed by atoms with Crippen molar-refractivity contribution >= 4 is 5.97 Å². The van der Waals surface area contributed by atoms with Gasteiger partial charge in [-0.3, -0.25) is 9.69 Å². The average molecular weight is 382 g/mol. The van der Waals surface area contributed by atoms with E-state index in [0.29, 0.717) is 44.5 Å². The van der Waals surface area contributed by atoms with Crippen LogP contribution < -0.4 is 9.47 Å². The standard InChI is InChI=1S/C19H24F2N2O4/c1-3-10-26-16-11-14(4-5-15(16)27-18(20)21)19(13-22)6-8-23(9-7-19)12-17(24)25-2/h4-5,11,18H,3,6-10,12H2,1-2H3. The van der Waals surface area contributed by atoms with Crippen molar-refractivity contribution in [3.8, 4) is 17.6 Å². The first-order valence-corrected chi connectivity index (χ1v) is 8.86. The third-order valence-electron chi connectivity index (χ3n) is 4.68. The molecule has 0 unspecified atom stereocenters. The zero-order chi connectivity index (χ0) is 19.9. The number of carbonyl (C=O) groups is 1. The minimum absolute atomic E-state index is 0.0431. The van der Waals surface area contributed by atoms with E-state index in [4.69, 9.17) is 4.74 Å².